The van der Waals surface area contributed by atoms with Crippen molar-refractivity contribution in [2.24, 2.45) is 0 Å². The van der Waals surface area contributed by atoms with Gasteiger partial charge in [-0.2, -0.15) is 0 Å². The molecule has 1 N–H and O–H groups in total. The zero-order valence-electron chi connectivity index (χ0n) is 9.31. The van der Waals surface area contributed by atoms with E-state index in [1.165, 1.54) is 4.90 Å². The number of amides is 3. The van der Waals surface area contributed by atoms with Crippen LogP contribution in [0.15, 0.2) is 0 Å². The number of hydrogen-bond acceptors (Lipinski definition) is 5. The van der Waals surface area contributed by atoms with E-state index >= 15 is 0 Å². The number of hydrogen-bond donors (Lipinski definition) is 1. The Labute approximate surface area is 103 Å². The summed E-state index contributed by atoms with van der Waals surface area (Å²) in [6.45, 7) is 1.15. The summed E-state index contributed by atoms with van der Waals surface area (Å²) in [4.78, 5) is 35.2. The zero-order chi connectivity index (χ0) is 12.3. The van der Waals surface area contributed by atoms with Crippen LogP contribution >= 0.6 is 11.8 Å². The van der Waals surface area contributed by atoms with Crippen LogP contribution in [0.4, 0.5) is 4.79 Å². The fourth-order valence-electron chi connectivity index (χ4n) is 1.79. The van der Waals surface area contributed by atoms with Crippen molar-refractivity contribution in [2.75, 3.05) is 25.4 Å². The predicted molar refractivity (Wildman–Crippen MR) is 61.6 cm³/mol. The van der Waals surface area contributed by atoms with Crippen LogP contribution in [-0.4, -0.2) is 53.5 Å². The van der Waals surface area contributed by atoms with Crippen molar-refractivity contribution in [2.45, 2.75) is 18.9 Å². The van der Waals surface area contributed by atoms with Gasteiger partial charge in [0.2, 0.25) is 11.8 Å². The number of imide groups is 1. The normalized spacial score (nSPS) is 24.5. The molecule has 2 aliphatic heterocycles. The van der Waals surface area contributed by atoms with E-state index in [0.29, 0.717) is 6.61 Å². The molecule has 1 unspecified atom stereocenters. The molecule has 2 aliphatic rings. The van der Waals surface area contributed by atoms with Crippen LogP contribution in [-0.2, 0) is 14.3 Å². The maximum absolute atomic E-state index is 11.6. The minimum absolute atomic E-state index is 0.158. The van der Waals surface area contributed by atoms with Gasteiger partial charge >= 0.3 is 0 Å². The highest BCUT2D eigenvalue weighted by Crippen LogP contribution is 2.17. The maximum atomic E-state index is 11.6. The Morgan fingerprint density at radius 2 is 2.35 bits per heavy atom. The first-order valence-corrected chi connectivity index (χ1v) is 6.53. The van der Waals surface area contributed by atoms with Crippen LogP contribution in [0.25, 0.3) is 0 Å². The van der Waals surface area contributed by atoms with Crippen LogP contribution in [0, 0.1) is 0 Å². The molecule has 0 aromatic rings. The molecule has 7 heteroatoms. The number of thioether (sulfide) groups is 1. The lowest BCUT2D eigenvalue weighted by Crippen LogP contribution is -2.41. The first kappa shape index (κ1) is 12.4. The Morgan fingerprint density at radius 1 is 1.53 bits per heavy atom. The van der Waals surface area contributed by atoms with Gasteiger partial charge in [0.15, 0.2) is 0 Å². The highest BCUT2D eigenvalue weighted by molar-refractivity contribution is 8.14. The van der Waals surface area contributed by atoms with Crippen LogP contribution < -0.4 is 5.32 Å². The fourth-order valence-corrected chi connectivity index (χ4v) is 2.54. The van der Waals surface area contributed by atoms with E-state index in [4.69, 9.17) is 4.74 Å². The number of carbonyl (C=O) groups is 3. The minimum Gasteiger partial charge on any atom is -0.368 e. The number of nitrogens with one attached hydrogen (secondary N) is 1. The van der Waals surface area contributed by atoms with Gasteiger partial charge in [-0.15, -0.1) is 0 Å². The first-order valence-electron chi connectivity index (χ1n) is 5.55. The van der Waals surface area contributed by atoms with Crippen LogP contribution in [0.3, 0.4) is 0 Å². The lowest BCUT2D eigenvalue weighted by atomic mass is 10.2. The molecule has 94 valence electrons. The fraction of sp³-hybridized carbons (Fsp3) is 0.700. The Bertz CT molecular complexity index is 325. The molecule has 0 bridgehead atoms. The summed E-state index contributed by atoms with van der Waals surface area (Å²) < 4.78 is 5.22. The predicted octanol–water partition coefficient (Wildman–Crippen LogP) is -0.0230. The van der Waals surface area contributed by atoms with Gasteiger partial charge in [-0.25, -0.2) is 0 Å². The smallest absolute Gasteiger partial charge is 0.288 e. The van der Waals surface area contributed by atoms with Crippen molar-refractivity contribution in [1.82, 2.24) is 10.2 Å². The van der Waals surface area contributed by atoms with Crippen molar-refractivity contribution in [1.29, 1.82) is 0 Å². The van der Waals surface area contributed by atoms with Gasteiger partial charge in [-0.05, 0) is 12.8 Å². The zero-order valence-corrected chi connectivity index (χ0v) is 10.1. The molecule has 0 spiro atoms. The summed E-state index contributed by atoms with van der Waals surface area (Å²) in [5.74, 6) is -0.140. The molecule has 0 aromatic heterocycles. The second-order valence-corrected chi connectivity index (χ2v) is 4.82. The van der Waals surface area contributed by atoms with Gasteiger partial charge in [0, 0.05) is 19.7 Å². The molecule has 2 saturated heterocycles. The third-order valence-electron chi connectivity index (χ3n) is 2.70. The third kappa shape index (κ3) is 2.98. The number of carbonyl (C=O) groups excluding carboxylic acids is 3. The van der Waals surface area contributed by atoms with E-state index in [1.54, 1.807) is 0 Å². The summed E-state index contributed by atoms with van der Waals surface area (Å²) >= 11 is 0.998. The average Bonchev–Trinajstić information content (AvgIpc) is 2.93. The molecule has 0 aromatic carbocycles. The van der Waals surface area contributed by atoms with E-state index in [1.807, 2.05) is 0 Å². The molecule has 17 heavy (non-hydrogen) atoms. The lowest BCUT2D eigenvalue weighted by molar-refractivity contribution is -0.130. The molecule has 6 nitrogen and oxygen atoms in total. The minimum atomic E-state index is -0.366. The summed E-state index contributed by atoms with van der Waals surface area (Å²) in [5, 5.41) is 2.44. The SMILES string of the molecule is O=C(NCCN1C(=O)CSC1=O)C1CCCO1. The molecule has 0 saturated carbocycles. The van der Waals surface area contributed by atoms with E-state index in [2.05, 4.69) is 5.32 Å². The Kier molecular flexibility index (Phi) is 4.01. The standard InChI is InChI=1S/C10H14N2O4S/c13-8-6-17-10(15)12(8)4-3-11-9(14)7-2-1-5-16-7/h7H,1-6H2,(H,11,14). The van der Waals surface area contributed by atoms with Crippen LogP contribution in [0.5, 0.6) is 0 Å². The van der Waals surface area contributed by atoms with E-state index < -0.39 is 0 Å². The molecular formula is C10H14N2O4S. The summed E-state index contributed by atoms with van der Waals surface area (Å²) in [6, 6.07) is 0. The molecule has 3 amide bonds. The van der Waals surface area contributed by atoms with E-state index in [9.17, 15) is 14.4 Å². The van der Waals surface area contributed by atoms with Gasteiger partial charge in [-0.1, -0.05) is 11.8 Å². The van der Waals surface area contributed by atoms with E-state index in [-0.39, 0.29) is 42.0 Å². The third-order valence-corrected chi connectivity index (χ3v) is 3.56. The number of rotatable bonds is 4. The van der Waals surface area contributed by atoms with Crippen molar-refractivity contribution in [3.63, 3.8) is 0 Å². The second-order valence-electron chi connectivity index (χ2n) is 3.89. The van der Waals surface area contributed by atoms with Gasteiger partial charge in [0.1, 0.15) is 6.10 Å². The van der Waals surface area contributed by atoms with E-state index in [0.717, 1.165) is 24.6 Å². The Hall–Kier alpha value is -1.08. The highest BCUT2D eigenvalue weighted by Gasteiger charge is 2.30. The molecule has 0 aliphatic carbocycles. The largest absolute Gasteiger partial charge is 0.368 e. The molecule has 0 radical (unpaired) electrons. The molecule has 2 heterocycles. The van der Waals surface area contributed by atoms with Crippen molar-refractivity contribution < 1.29 is 19.1 Å². The van der Waals surface area contributed by atoms with Gasteiger partial charge in [0.25, 0.3) is 5.24 Å². The maximum Gasteiger partial charge on any atom is 0.288 e. The van der Waals surface area contributed by atoms with Gasteiger partial charge in [0.05, 0.1) is 5.75 Å². The topological polar surface area (TPSA) is 75.7 Å². The van der Waals surface area contributed by atoms with Crippen molar-refractivity contribution >= 4 is 28.8 Å². The monoisotopic (exact) mass is 258 g/mol. The molecular weight excluding hydrogens is 244 g/mol. The summed E-state index contributed by atoms with van der Waals surface area (Å²) in [5.41, 5.74) is 0. The van der Waals surface area contributed by atoms with Gasteiger partial charge in [-0.3, -0.25) is 19.3 Å². The van der Waals surface area contributed by atoms with Crippen LogP contribution in [0.1, 0.15) is 12.8 Å². The number of nitrogens with zero attached hydrogens (tertiary/aromatic N) is 1. The molecule has 2 rings (SSSR count). The molecule has 1 atom stereocenters. The Balaban J connectivity index is 1.70. The highest BCUT2D eigenvalue weighted by atomic mass is 32.2. The quantitative estimate of drug-likeness (QED) is 0.766. The van der Waals surface area contributed by atoms with Crippen molar-refractivity contribution in [3.05, 3.63) is 0 Å². The summed E-state index contributed by atoms with van der Waals surface area (Å²) in [7, 11) is 0. The second kappa shape index (κ2) is 5.50. The summed E-state index contributed by atoms with van der Waals surface area (Å²) in [6.07, 6.45) is 1.27. The first-order chi connectivity index (χ1) is 8.18. The van der Waals surface area contributed by atoms with Crippen molar-refractivity contribution in [3.8, 4) is 0 Å². The van der Waals surface area contributed by atoms with Crippen LogP contribution in [0.2, 0.25) is 0 Å². The Morgan fingerprint density at radius 3 is 2.94 bits per heavy atom. The lowest BCUT2D eigenvalue weighted by Gasteiger charge is -2.14. The van der Waals surface area contributed by atoms with Gasteiger partial charge < -0.3 is 10.1 Å². The average molecular weight is 258 g/mol. The number of ether oxygens (including phenoxy) is 1. The molecule has 2 fully saturated rings.